The van der Waals surface area contributed by atoms with Gasteiger partial charge in [0.05, 0.1) is 0 Å². The third kappa shape index (κ3) is 18.1. The van der Waals surface area contributed by atoms with E-state index < -0.39 is 7.12 Å². The van der Waals surface area contributed by atoms with Crippen LogP contribution >= 0.6 is 70.4 Å². The van der Waals surface area contributed by atoms with Crippen LogP contribution in [0.3, 0.4) is 0 Å². The Labute approximate surface area is 902 Å². The number of hydrogen-bond acceptors (Lipinski definition) is 8. The highest BCUT2D eigenvalue weighted by molar-refractivity contribution is 14.1. The second kappa shape index (κ2) is 41.0. The van der Waals surface area contributed by atoms with Crippen LogP contribution in [0.4, 0.5) is 0 Å². The average Bonchev–Trinajstić information content (AvgIpc) is 1.15. The number of rotatable bonds is 9. The van der Waals surface area contributed by atoms with Crippen molar-refractivity contribution in [2.45, 2.75) is 0 Å². The van der Waals surface area contributed by atoms with Gasteiger partial charge in [-0.2, -0.15) is 0 Å². The molecule has 0 fully saturated rings. The van der Waals surface area contributed by atoms with Crippen LogP contribution < -0.4 is 10.1 Å². The van der Waals surface area contributed by atoms with Crippen molar-refractivity contribution in [2.24, 2.45) is 0 Å². The molecule has 4 heterocycles. The summed E-state index contributed by atoms with van der Waals surface area (Å²) < 4.78 is 34.2. The van der Waals surface area contributed by atoms with Crippen LogP contribution in [0.2, 0.25) is 0 Å². The van der Waals surface area contributed by atoms with Gasteiger partial charge in [0.25, 0.3) is 0 Å². The summed E-state index contributed by atoms with van der Waals surface area (Å²) in [4.78, 5) is 0. The molecule has 14 heteroatoms. The molecule has 0 atom stereocenters. The van der Waals surface area contributed by atoms with Crippen molar-refractivity contribution in [3.63, 3.8) is 0 Å². The fraction of sp³-hybridized carbons (Fsp3) is 0. The topological polar surface area (TPSA) is 122 Å². The molecule has 8 nitrogen and oxygen atoms in total. The molecule has 0 aliphatic carbocycles. The molecule has 711 valence electrons. The number of furan rings is 4. The van der Waals surface area contributed by atoms with Gasteiger partial charge in [-0.05, 0) is 313 Å². The molecular weight excluding hydrogens is 2150 g/mol. The lowest BCUT2D eigenvalue weighted by Gasteiger charge is -2.19. The fourth-order valence-electron chi connectivity index (χ4n) is 21.7. The van der Waals surface area contributed by atoms with Gasteiger partial charge in [0.15, 0.2) is 0 Å². The average molecular weight is 2240 g/mol. The molecule has 4 aromatic heterocycles. The minimum atomic E-state index is -1.47. The molecule has 0 amide bonds. The van der Waals surface area contributed by atoms with Crippen molar-refractivity contribution in [3.05, 3.63) is 514 Å². The van der Waals surface area contributed by atoms with Gasteiger partial charge in [0.1, 0.15) is 50.4 Å². The van der Waals surface area contributed by atoms with Crippen LogP contribution in [0.15, 0.2) is 529 Å². The molecule has 150 heavy (non-hydrogen) atoms. The van der Waals surface area contributed by atoms with Crippen molar-refractivity contribution in [1.82, 2.24) is 0 Å². The standard InChI is InChI=1S/C52H32O.C24H16BO2.C22H13BrO.C16H11BO3.C16H9BrO.C6H4BrI/c1-3-19-40-33(12-1)14-11-25-41(40)37-16-10-18-39(31-37)51-45-23-7-5-21-43(45)50(44-22-6-8-24-46(44)51)38-17-9-15-35(30-38)36-27-28-48-47(32-36)52-42-20-4-2-13-34(42)26-29-49(52)53-48;26-25-27-24-21-11-5-3-9-19(21)23(20-10-4-6-12-22(20)24)18-14-13-16-7-1-2-8-17(16)15-18;23-17-6-3-5-15(12-17)16-9-10-20-19(13-16)22-18-7-2-1-4-14(18)8-11-21(22)24-20;18-17(19)11-6-8-14-13(9-11)16-12-4-2-1-3-10(12)5-7-15(16)20-14;17-11-6-8-14-13(9-11)16-12-4-2-1-3-10(12)5-7-15(16)18-14;7-5-2-1-3-6(8)4-5/h1-32H;1-15,26H;1-13H;1-9,18-19H;1-9H;1-4H. The zero-order chi connectivity index (χ0) is 101. The number of hydrogen-bond donors (Lipinski definition) is 3. The van der Waals surface area contributed by atoms with Crippen molar-refractivity contribution in [2.75, 3.05) is 0 Å². The highest BCUT2D eigenvalue weighted by Crippen LogP contribution is 2.50. The minimum Gasteiger partial charge on any atom is -0.537 e. The molecule has 0 saturated carbocycles. The van der Waals surface area contributed by atoms with Crippen LogP contribution in [0.25, 0.3) is 262 Å². The monoisotopic (exact) mass is 2230 g/mol. The van der Waals surface area contributed by atoms with E-state index >= 15 is 0 Å². The smallest absolute Gasteiger partial charge is 0.537 e. The minimum absolute atomic E-state index is 0.466. The van der Waals surface area contributed by atoms with E-state index in [1.807, 2.05) is 97.1 Å². The van der Waals surface area contributed by atoms with E-state index in [1.54, 1.807) is 18.2 Å². The Kier molecular flexibility index (Phi) is 25.8. The SMILES string of the molecule is Brc1ccc2oc3ccc4ccccc4c3c2c1.Brc1cccc(-c2ccc3oc4ccc5ccccc5c4c3c2)c1.Brc1cccc(I)c1.OB(O)c1ccc2oc3ccc4ccccc4c3c2c1.O[B]Oc1c2ccccc2c(-c2ccc3ccccc3c2)c2ccccc12.c1cc(-c2ccc3oc4ccc5ccccc5c4c3c2)cc(-c2c3ccccc3c(-c3cccc(-c4cccc5ccccc45)c3)c3ccccc23)c1. The van der Waals surface area contributed by atoms with Crippen LogP contribution in [0.1, 0.15) is 0 Å². The predicted molar refractivity (Wildman–Crippen MR) is 650 cm³/mol. The summed E-state index contributed by atoms with van der Waals surface area (Å²) in [6.45, 7) is 0. The Morgan fingerprint density at radius 3 is 0.933 bits per heavy atom. The number of fused-ring (bicyclic) bond motifs is 26. The molecule has 3 N–H and O–H groups in total. The summed E-state index contributed by atoms with van der Waals surface area (Å²) in [6, 6.07) is 174. The van der Waals surface area contributed by atoms with Crippen molar-refractivity contribution < 1.29 is 37.4 Å². The van der Waals surface area contributed by atoms with E-state index in [-0.39, 0.29) is 0 Å². The molecule has 0 bridgehead atoms. The molecular formula is C136H85B2Br3IO8. The number of halogens is 4. The maximum absolute atomic E-state index is 9.33. The molecule has 0 saturated heterocycles. The normalized spacial score (nSPS) is 11.4. The van der Waals surface area contributed by atoms with Crippen LogP contribution in [-0.2, 0) is 0 Å². The molecule has 0 aliphatic heterocycles. The summed E-state index contributed by atoms with van der Waals surface area (Å²) in [5, 5.41) is 60.7. The van der Waals surface area contributed by atoms with Gasteiger partial charge in [0.2, 0.25) is 0 Å². The molecule has 26 aromatic carbocycles. The maximum atomic E-state index is 9.33. The van der Waals surface area contributed by atoms with E-state index in [4.69, 9.17) is 22.3 Å². The predicted octanol–water partition coefficient (Wildman–Crippen LogP) is 38.7. The van der Waals surface area contributed by atoms with E-state index in [2.05, 4.69) is 453 Å². The first-order chi connectivity index (χ1) is 73.8. The van der Waals surface area contributed by atoms with Gasteiger partial charge < -0.3 is 37.4 Å². The van der Waals surface area contributed by atoms with Crippen molar-refractivity contribution >= 4 is 286 Å². The lowest BCUT2D eigenvalue weighted by atomic mass is 9.80. The Morgan fingerprint density at radius 1 is 0.207 bits per heavy atom. The van der Waals surface area contributed by atoms with Gasteiger partial charge in [-0.3, -0.25) is 0 Å². The lowest BCUT2D eigenvalue weighted by molar-refractivity contribution is 0.426. The fourth-order valence-corrected chi connectivity index (χ4v) is 23.8. The molecule has 0 spiro atoms. The van der Waals surface area contributed by atoms with Gasteiger partial charge >= 0.3 is 14.8 Å². The largest absolute Gasteiger partial charge is 0.569 e. The third-order valence-corrected chi connectivity index (χ3v) is 30.6. The molecule has 30 aromatic rings. The molecule has 30 rings (SSSR count). The third-order valence-electron chi connectivity index (χ3n) is 28.4. The quantitative estimate of drug-likeness (QED) is 0.0742. The Hall–Kier alpha value is -16.5. The summed E-state index contributed by atoms with van der Waals surface area (Å²) >= 11 is 12.7. The van der Waals surface area contributed by atoms with E-state index in [0.717, 1.165) is 120 Å². The Bertz CT molecular complexity index is 10400. The van der Waals surface area contributed by atoms with Gasteiger partial charge in [-0.1, -0.05) is 424 Å². The number of benzene rings is 26. The van der Waals surface area contributed by atoms with Crippen LogP contribution in [0.5, 0.6) is 5.75 Å². The van der Waals surface area contributed by atoms with Crippen molar-refractivity contribution in [1.29, 1.82) is 0 Å². The highest BCUT2D eigenvalue weighted by Gasteiger charge is 2.24. The van der Waals surface area contributed by atoms with Crippen LogP contribution in [-0.4, -0.2) is 29.9 Å². The van der Waals surface area contributed by atoms with E-state index in [9.17, 15) is 15.1 Å². The Balaban J connectivity index is 0.000000101. The summed E-state index contributed by atoms with van der Waals surface area (Å²) in [7, 11) is -0.719. The highest BCUT2D eigenvalue weighted by atomic mass is 127. The summed E-state index contributed by atoms with van der Waals surface area (Å²) in [5.41, 5.74) is 22.1. The molecule has 0 aliphatic rings. The molecule has 0 unspecified atom stereocenters. The summed E-state index contributed by atoms with van der Waals surface area (Å²) in [6.07, 6.45) is 0. The van der Waals surface area contributed by atoms with Gasteiger partial charge in [-0.15, -0.1) is 0 Å². The first kappa shape index (κ1) is 94.5. The molecule has 1 radical (unpaired) electrons. The van der Waals surface area contributed by atoms with Gasteiger partial charge in [-0.25, -0.2) is 0 Å². The summed E-state index contributed by atoms with van der Waals surface area (Å²) in [5.74, 6) is 0.674. The maximum Gasteiger partial charge on any atom is 0.569 e. The first-order valence-corrected chi connectivity index (χ1v) is 53.0. The second-order valence-electron chi connectivity index (χ2n) is 37.3. The zero-order valence-electron chi connectivity index (χ0n) is 80.4. The first-order valence-electron chi connectivity index (χ1n) is 49.5. The van der Waals surface area contributed by atoms with Crippen molar-refractivity contribution in [3.8, 4) is 72.5 Å². The van der Waals surface area contributed by atoms with Gasteiger partial charge in [0, 0.05) is 70.9 Å². The van der Waals surface area contributed by atoms with E-state index in [1.165, 1.54) is 167 Å². The second-order valence-corrected chi connectivity index (χ2v) is 41.3. The Morgan fingerprint density at radius 2 is 0.500 bits per heavy atom. The zero-order valence-corrected chi connectivity index (χ0v) is 87.3. The van der Waals surface area contributed by atoms with E-state index in [0.29, 0.717) is 11.2 Å². The lowest BCUT2D eigenvalue weighted by Crippen LogP contribution is -2.29. The van der Waals surface area contributed by atoms with Crippen LogP contribution in [0, 0.1) is 3.57 Å².